The van der Waals surface area contributed by atoms with Gasteiger partial charge in [-0.3, -0.25) is 9.59 Å². The van der Waals surface area contributed by atoms with Crippen LogP contribution in [-0.4, -0.2) is 24.0 Å². The summed E-state index contributed by atoms with van der Waals surface area (Å²) in [5, 5.41) is 0. The summed E-state index contributed by atoms with van der Waals surface area (Å²) in [6.07, 6.45) is 3.36. The number of ether oxygens (including phenoxy) is 1. The van der Waals surface area contributed by atoms with Gasteiger partial charge in [-0.25, -0.2) is 4.90 Å². The van der Waals surface area contributed by atoms with Gasteiger partial charge in [0.2, 0.25) is 11.8 Å². The summed E-state index contributed by atoms with van der Waals surface area (Å²) < 4.78 is 5.60. The minimum atomic E-state index is -0.330. The van der Waals surface area contributed by atoms with Gasteiger partial charge >= 0.3 is 0 Å². The molecule has 3 aliphatic rings. The standard InChI is InChI=1S/C15H13NO3/c1-8-2-4-9(5-3-8)16-14(17)12-10-6-7-11(19-10)13(12)15(16)18/h2-7,10-13H,1H3/t10-,11-,12-,13+/m1/s1. The van der Waals surface area contributed by atoms with E-state index in [1.54, 1.807) is 0 Å². The van der Waals surface area contributed by atoms with Crippen molar-refractivity contribution in [1.29, 1.82) is 0 Å². The molecule has 3 aliphatic heterocycles. The first kappa shape index (κ1) is 10.9. The Morgan fingerprint density at radius 2 is 1.47 bits per heavy atom. The van der Waals surface area contributed by atoms with Crippen LogP contribution in [0.5, 0.6) is 0 Å². The molecular weight excluding hydrogens is 242 g/mol. The largest absolute Gasteiger partial charge is 0.365 e. The van der Waals surface area contributed by atoms with E-state index in [9.17, 15) is 9.59 Å². The van der Waals surface area contributed by atoms with E-state index in [0.717, 1.165) is 5.56 Å². The van der Waals surface area contributed by atoms with E-state index in [4.69, 9.17) is 4.74 Å². The minimum absolute atomic E-state index is 0.129. The lowest BCUT2D eigenvalue weighted by molar-refractivity contribution is -0.124. The number of rotatable bonds is 1. The van der Waals surface area contributed by atoms with Gasteiger partial charge < -0.3 is 4.74 Å². The Labute approximate surface area is 110 Å². The first-order chi connectivity index (χ1) is 9.16. The summed E-state index contributed by atoms with van der Waals surface area (Å²) >= 11 is 0. The molecule has 0 saturated carbocycles. The van der Waals surface area contributed by atoms with Crippen LogP contribution in [0.4, 0.5) is 5.69 Å². The summed E-state index contributed by atoms with van der Waals surface area (Å²) in [6, 6.07) is 7.46. The fraction of sp³-hybridized carbons (Fsp3) is 0.333. The van der Waals surface area contributed by atoms with Gasteiger partial charge in [-0.2, -0.15) is 0 Å². The van der Waals surface area contributed by atoms with Crippen LogP contribution in [0.3, 0.4) is 0 Å². The minimum Gasteiger partial charge on any atom is -0.365 e. The third kappa shape index (κ3) is 1.32. The summed E-state index contributed by atoms with van der Waals surface area (Å²) in [5.41, 5.74) is 1.77. The average molecular weight is 255 g/mol. The number of nitrogens with zero attached hydrogens (tertiary/aromatic N) is 1. The van der Waals surface area contributed by atoms with Crippen molar-refractivity contribution in [2.75, 3.05) is 4.90 Å². The van der Waals surface area contributed by atoms with E-state index >= 15 is 0 Å². The van der Waals surface area contributed by atoms with Crippen LogP contribution in [0, 0.1) is 18.8 Å². The maximum atomic E-state index is 12.5. The monoisotopic (exact) mass is 255 g/mol. The van der Waals surface area contributed by atoms with E-state index in [1.165, 1.54) is 4.90 Å². The Morgan fingerprint density at radius 3 is 2.00 bits per heavy atom. The highest BCUT2D eigenvalue weighted by atomic mass is 16.5. The molecule has 0 N–H and O–H groups in total. The normalized spacial score (nSPS) is 35.3. The maximum Gasteiger partial charge on any atom is 0.240 e. The molecule has 4 heteroatoms. The third-order valence-corrected chi connectivity index (χ3v) is 4.20. The molecule has 2 saturated heterocycles. The highest BCUT2D eigenvalue weighted by molar-refractivity contribution is 6.23. The number of hydrogen-bond donors (Lipinski definition) is 0. The summed E-state index contributed by atoms with van der Waals surface area (Å²) in [6.45, 7) is 1.98. The van der Waals surface area contributed by atoms with Crippen LogP contribution in [0.15, 0.2) is 36.4 Å². The van der Waals surface area contributed by atoms with Gasteiger partial charge in [-0.1, -0.05) is 29.8 Å². The summed E-state index contributed by atoms with van der Waals surface area (Å²) in [4.78, 5) is 26.3. The first-order valence-electron chi connectivity index (χ1n) is 6.45. The lowest BCUT2D eigenvalue weighted by Gasteiger charge is -2.17. The van der Waals surface area contributed by atoms with E-state index in [-0.39, 0.29) is 35.9 Å². The van der Waals surface area contributed by atoms with Crippen molar-refractivity contribution in [3.05, 3.63) is 42.0 Å². The Kier molecular flexibility index (Phi) is 2.04. The zero-order valence-corrected chi connectivity index (χ0v) is 10.4. The predicted octanol–water partition coefficient (Wildman–Crippen LogP) is 1.44. The fourth-order valence-electron chi connectivity index (χ4n) is 3.25. The van der Waals surface area contributed by atoms with Gasteiger partial charge in [-0.15, -0.1) is 0 Å². The zero-order valence-electron chi connectivity index (χ0n) is 10.4. The SMILES string of the molecule is Cc1ccc(N2C(=O)[C@@H]3[C@H](C2=O)[C@H]2C=C[C@H]3O2)cc1. The van der Waals surface area contributed by atoms with Crippen molar-refractivity contribution in [2.24, 2.45) is 11.8 Å². The Hall–Kier alpha value is -1.94. The van der Waals surface area contributed by atoms with E-state index in [1.807, 2.05) is 43.3 Å². The lowest BCUT2D eigenvalue weighted by atomic mass is 9.85. The molecule has 3 heterocycles. The first-order valence-corrected chi connectivity index (χ1v) is 6.45. The molecule has 0 aromatic heterocycles. The molecule has 96 valence electrons. The van der Waals surface area contributed by atoms with Gasteiger partial charge in [0, 0.05) is 0 Å². The molecule has 0 spiro atoms. The van der Waals surface area contributed by atoms with Gasteiger partial charge in [-0.05, 0) is 19.1 Å². The molecule has 4 atom stereocenters. The Balaban J connectivity index is 1.74. The van der Waals surface area contributed by atoms with Crippen LogP contribution >= 0.6 is 0 Å². The molecule has 2 amide bonds. The van der Waals surface area contributed by atoms with Gasteiger partial charge in [0.15, 0.2) is 0 Å². The zero-order chi connectivity index (χ0) is 13.1. The maximum absolute atomic E-state index is 12.5. The van der Waals surface area contributed by atoms with E-state index < -0.39 is 0 Å². The van der Waals surface area contributed by atoms with Crippen LogP contribution < -0.4 is 4.90 Å². The van der Waals surface area contributed by atoms with Crippen LogP contribution in [0.1, 0.15) is 5.56 Å². The number of carbonyl (C=O) groups is 2. The molecule has 2 fully saturated rings. The number of imide groups is 1. The van der Waals surface area contributed by atoms with Crippen molar-refractivity contribution >= 4 is 17.5 Å². The van der Waals surface area contributed by atoms with E-state index in [2.05, 4.69) is 0 Å². The second-order valence-electron chi connectivity index (χ2n) is 5.35. The van der Waals surface area contributed by atoms with Crippen LogP contribution in [0.25, 0.3) is 0 Å². The highest BCUT2D eigenvalue weighted by Gasteiger charge is 2.60. The second-order valence-corrected chi connectivity index (χ2v) is 5.35. The smallest absolute Gasteiger partial charge is 0.240 e. The topological polar surface area (TPSA) is 46.6 Å². The molecule has 1 aromatic carbocycles. The molecule has 2 bridgehead atoms. The number of carbonyl (C=O) groups excluding carboxylic acids is 2. The average Bonchev–Trinajstić information content (AvgIpc) is 3.06. The number of benzene rings is 1. The number of aryl methyl sites for hydroxylation is 1. The molecule has 4 nitrogen and oxygen atoms in total. The van der Waals surface area contributed by atoms with Crippen molar-refractivity contribution < 1.29 is 14.3 Å². The van der Waals surface area contributed by atoms with Gasteiger partial charge in [0.25, 0.3) is 0 Å². The molecule has 0 unspecified atom stereocenters. The van der Waals surface area contributed by atoms with Crippen molar-refractivity contribution in [2.45, 2.75) is 19.1 Å². The second kappa shape index (κ2) is 3.54. The third-order valence-electron chi connectivity index (χ3n) is 4.20. The van der Waals surface area contributed by atoms with Crippen molar-refractivity contribution in [1.82, 2.24) is 0 Å². The molecule has 1 aromatic rings. The van der Waals surface area contributed by atoms with E-state index in [0.29, 0.717) is 5.69 Å². The Bertz CT molecular complexity index is 574. The number of anilines is 1. The van der Waals surface area contributed by atoms with Crippen molar-refractivity contribution in [3.63, 3.8) is 0 Å². The molecular formula is C15H13NO3. The molecule has 4 rings (SSSR count). The van der Waals surface area contributed by atoms with Gasteiger partial charge in [0.1, 0.15) is 0 Å². The molecule has 0 aliphatic carbocycles. The quantitative estimate of drug-likeness (QED) is 0.563. The number of fused-ring (bicyclic) bond motifs is 5. The van der Waals surface area contributed by atoms with Crippen LogP contribution in [0.2, 0.25) is 0 Å². The number of hydrogen-bond acceptors (Lipinski definition) is 3. The molecule has 19 heavy (non-hydrogen) atoms. The van der Waals surface area contributed by atoms with Crippen LogP contribution in [-0.2, 0) is 14.3 Å². The lowest BCUT2D eigenvalue weighted by Crippen LogP contribution is -2.34. The van der Waals surface area contributed by atoms with Crippen molar-refractivity contribution in [3.8, 4) is 0 Å². The highest BCUT2D eigenvalue weighted by Crippen LogP contribution is 2.46. The fourth-order valence-corrected chi connectivity index (χ4v) is 3.25. The molecule has 0 radical (unpaired) electrons. The Morgan fingerprint density at radius 1 is 0.947 bits per heavy atom. The summed E-state index contributed by atoms with van der Waals surface area (Å²) in [7, 11) is 0. The summed E-state index contributed by atoms with van der Waals surface area (Å²) in [5.74, 6) is -0.918. The van der Waals surface area contributed by atoms with Gasteiger partial charge in [0.05, 0.1) is 29.7 Å². The number of amides is 2. The predicted molar refractivity (Wildman–Crippen MR) is 68.5 cm³/mol.